The zero-order valence-electron chi connectivity index (χ0n) is 12.0. The van der Waals surface area contributed by atoms with Crippen molar-refractivity contribution in [1.29, 1.82) is 0 Å². The van der Waals surface area contributed by atoms with E-state index in [0.717, 1.165) is 13.0 Å². The molecular weight excluding hydrogens is 240 g/mol. The molecule has 19 heavy (non-hydrogen) atoms. The Kier molecular flexibility index (Phi) is 4.64. The summed E-state index contributed by atoms with van der Waals surface area (Å²) in [6.07, 6.45) is 5.16. The molecule has 0 aromatic carbocycles. The first-order valence-corrected chi connectivity index (χ1v) is 7.11. The van der Waals surface area contributed by atoms with Gasteiger partial charge >= 0.3 is 0 Å². The molecule has 2 rings (SSSR count). The number of ether oxygens (including phenoxy) is 1. The lowest BCUT2D eigenvalue weighted by Gasteiger charge is -2.23. The number of carbonyl (C=O) groups is 1. The SMILES string of the molecule is CC(C)[C@H]1OCC[C@@H]1CNC(=O)C(C)n1cccc1. The number of nitrogens with zero attached hydrogens (tertiary/aromatic N) is 1. The van der Waals surface area contributed by atoms with Gasteiger partial charge in [0.1, 0.15) is 6.04 Å². The fourth-order valence-corrected chi connectivity index (χ4v) is 2.73. The maximum atomic E-state index is 12.1. The molecule has 0 saturated carbocycles. The highest BCUT2D eigenvalue weighted by Gasteiger charge is 2.31. The summed E-state index contributed by atoms with van der Waals surface area (Å²) in [5.41, 5.74) is 0. The number of nitrogens with one attached hydrogen (secondary N) is 1. The van der Waals surface area contributed by atoms with Crippen LogP contribution in [0.15, 0.2) is 24.5 Å². The second kappa shape index (κ2) is 6.24. The third-order valence-electron chi connectivity index (χ3n) is 3.91. The Labute approximate surface area is 115 Å². The Morgan fingerprint density at radius 1 is 1.37 bits per heavy atom. The Bertz CT molecular complexity index is 400. The van der Waals surface area contributed by atoms with E-state index < -0.39 is 0 Å². The van der Waals surface area contributed by atoms with Gasteiger partial charge < -0.3 is 14.6 Å². The fraction of sp³-hybridized carbons (Fsp3) is 0.667. The lowest BCUT2D eigenvalue weighted by molar-refractivity contribution is -0.124. The first kappa shape index (κ1) is 14.1. The molecule has 1 N–H and O–H groups in total. The molecule has 0 spiro atoms. The van der Waals surface area contributed by atoms with E-state index >= 15 is 0 Å². The summed E-state index contributed by atoms with van der Waals surface area (Å²) >= 11 is 0. The quantitative estimate of drug-likeness (QED) is 0.886. The average Bonchev–Trinajstić information content (AvgIpc) is 3.05. The monoisotopic (exact) mass is 264 g/mol. The van der Waals surface area contributed by atoms with Gasteiger partial charge in [-0.3, -0.25) is 4.79 Å². The van der Waals surface area contributed by atoms with E-state index in [0.29, 0.717) is 18.4 Å². The number of carbonyl (C=O) groups excluding carboxylic acids is 1. The minimum Gasteiger partial charge on any atom is -0.378 e. The van der Waals surface area contributed by atoms with Crippen molar-refractivity contribution in [1.82, 2.24) is 9.88 Å². The number of aromatic nitrogens is 1. The molecule has 0 aliphatic carbocycles. The molecule has 4 heteroatoms. The van der Waals surface area contributed by atoms with Crippen LogP contribution < -0.4 is 5.32 Å². The molecule has 0 bridgehead atoms. The topological polar surface area (TPSA) is 43.3 Å². The van der Waals surface area contributed by atoms with Crippen LogP contribution >= 0.6 is 0 Å². The normalized spacial score (nSPS) is 24.6. The second-order valence-electron chi connectivity index (χ2n) is 5.68. The van der Waals surface area contributed by atoms with Gasteiger partial charge in [-0.05, 0) is 31.4 Å². The Morgan fingerprint density at radius 3 is 2.68 bits per heavy atom. The third kappa shape index (κ3) is 3.38. The molecule has 4 nitrogen and oxygen atoms in total. The van der Waals surface area contributed by atoms with Crippen molar-refractivity contribution in [2.24, 2.45) is 11.8 Å². The van der Waals surface area contributed by atoms with E-state index in [1.807, 2.05) is 36.0 Å². The summed E-state index contributed by atoms with van der Waals surface area (Å²) in [7, 11) is 0. The zero-order chi connectivity index (χ0) is 13.8. The van der Waals surface area contributed by atoms with Crippen molar-refractivity contribution in [2.75, 3.05) is 13.2 Å². The molecule has 1 unspecified atom stereocenters. The highest BCUT2D eigenvalue weighted by Crippen LogP contribution is 2.26. The maximum absolute atomic E-state index is 12.1. The largest absolute Gasteiger partial charge is 0.378 e. The molecule has 0 radical (unpaired) electrons. The van der Waals surface area contributed by atoms with Gasteiger partial charge in [0, 0.05) is 31.5 Å². The van der Waals surface area contributed by atoms with Crippen LogP contribution in [0.4, 0.5) is 0 Å². The minimum atomic E-state index is -0.158. The first-order chi connectivity index (χ1) is 9.09. The van der Waals surface area contributed by atoms with Gasteiger partial charge in [0.2, 0.25) is 5.91 Å². The van der Waals surface area contributed by atoms with E-state index in [9.17, 15) is 4.79 Å². The fourth-order valence-electron chi connectivity index (χ4n) is 2.73. The molecule has 1 aromatic rings. The van der Waals surface area contributed by atoms with E-state index in [1.165, 1.54) is 0 Å². The van der Waals surface area contributed by atoms with Crippen molar-refractivity contribution >= 4 is 5.91 Å². The summed E-state index contributed by atoms with van der Waals surface area (Å²) in [5, 5.41) is 3.06. The van der Waals surface area contributed by atoms with Gasteiger partial charge in [0.25, 0.3) is 0 Å². The second-order valence-corrected chi connectivity index (χ2v) is 5.68. The maximum Gasteiger partial charge on any atom is 0.242 e. The predicted molar refractivity (Wildman–Crippen MR) is 74.8 cm³/mol. The molecule has 106 valence electrons. The highest BCUT2D eigenvalue weighted by atomic mass is 16.5. The van der Waals surface area contributed by atoms with Crippen LogP contribution in [0.3, 0.4) is 0 Å². The number of hydrogen-bond donors (Lipinski definition) is 1. The number of hydrogen-bond acceptors (Lipinski definition) is 2. The Hall–Kier alpha value is -1.29. The first-order valence-electron chi connectivity index (χ1n) is 7.11. The minimum absolute atomic E-state index is 0.0746. The summed E-state index contributed by atoms with van der Waals surface area (Å²) in [5.74, 6) is 1.03. The standard InChI is InChI=1S/C15H24N2O2/c1-11(2)14-13(6-9-19-14)10-16-15(18)12(3)17-7-4-5-8-17/h4-5,7-8,11-14H,6,9-10H2,1-3H3,(H,16,18)/t12?,13-,14-/m1/s1. The molecule has 1 amide bonds. The Balaban J connectivity index is 1.83. The van der Waals surface area contributed by atoms with E-state index in [2.05, 4.69) is 19.2 Å². The summed E-state index contributed by atoms with van der Waals surface area (Å²) in [4.78, 5) is 12.1. The van der Waals surface area contributed by atoms with Gasteiger partial charge in [0.15, 0.2) is 0 Å². The molecule has 3 atom stereocenters. The van der Waals surface area contributed by atoms with Crippen LogP contribution in [0.1, 0.15) is 33.2 Å². The Morgan fingerprint density at radius 2 is 2.05 bits per heavy atom. The van der Waals surface area contributed by atoms with Crippen LogP contribution in [0.5, 0.6) is 0 Å². The van der Waals surface area contributed by atoms with Crippen LogP contribution in [0.25, 0.3) is 0 Å². The summed E-state index contributed by atoms with van der Waals surface area (Å²) in [6.45, 7) is 7.80. The number of amides is 1. The average molecular weight is 264 g/mol. The molecule has 2 heterocycles. The molecule has 1 aliphatic heterocycles. The predicted octanol–water partition coefficient (Wildman–Crippen LogP) is 2.23. The van der Waals surface area contributed by atoms with Gasteiger partial charge in [0.05, 0.1) is 6.10 Å². The van der Waals surface area contributed by atoms with E-state index in [-0.39, 0.29) is 18.1 Å². The zero-order valence-corrected chi connectivity index (χ0v) is 12.0. The van der Waals surface area contributed by atoms with Crippen LogP contribution in [-0.4, -0.2) is 29.7 Å². The molecule has 1 saturated heterocycles. The van der Waals surface area contributed by atoms with Gasteiger partial charge in [-0.15, -0.1) is 0 Å². The lowest BCUT2D eigenvalue weighted by atomic mass is 9.93. The summed E-state index contributed by atoms with van der Waals surface area (Å²) in [6, 6.07) is 3.71. The molecular formula is C15H24N2O2. The molecule has 1 fully saturated rings. The number of rotatable bonds is 5. The lowest BCUT2D eigenvalue weighted by Crippen LogP contribution is -2.37. The van der Waals surface area contributed by atoms with Crippen molar-refractivity contribution in [3.8, 4) is 0 Å². The molecule has 1 aliphatic rings. The van der Waals surface area contributed by atoms with Crippen LogP contribution in [0.2, 0.25) is 0 Å². The third-order valence-corrected chi connectivity index (χ3v) is 3.91. The van der Waals surface area contributed by atoms with Crippen LogP contribution in [0, 0.1) is 11.8 Å². The summed E-state index contributed by atoms with van der Waals surface area (Å²) < 4.78 is 7.65. The van der Waals surface area contributed by atoms with Crippen molar-refractivity contribution in [3.05, 3.63) is 24.5 Å². The van der Waals surface area contributed by atoms with Gasteiger partial charge in [-0.25, -0.2) is 0 Å². The van der Waals surface area contributed by atoms with E-state index in [4.69, 9.17) is 4.74 Å². The smallest absolute Gasteiger partial charge is 0.242 e. The van der Waals surface area contributed by atoms with Gasteiger partial charge in [-0.1, -0.05) is 13.8 Å². The highest BCUT2D eigenvalue weighted by molar-refractivity contribution is 5.79. The van der Waals surface area contributed by atoms with Crippen molar-refractivity contribution in [3.63, 3.8) is 0 Å². The van der Waals surface area contributed by atoms with Crippen LogP contribution in [-0.2, 0) is 9.53 Å². The van der Waals surface area contributed by atoms with Crippen molar-refractivity contribution in [2.45, 2.75) is 39.3 Å². The van der Waals surface area contributed by atoms with E-state index in [1.54, 1.807) is 0 Å². The molecule has 1 aromatic heterocycles. The van der Waals surface area contributed by atoms with Crippen molar-refractivity contribution < 1.29 is 9.53 Å². The van der Waals surface area contributed by atoms with Gasteiger partial charge in [-0.2, -0.15) is 0 Å².